The fraction of sp³-hybridized carbons (Fsp3) is 0.438. The van der Waals surface area contributed by atoms with Crippen molar-refractivity contribution in [1.82, 2.24) is 5.32 Å². The van der Waals surface area contributed by atoms with Crippen LogP contribution >= 0.6 is 0 Å². The smallest absolute Gasteiger partial charge is 0.307 e. The molecule has 0 aromatic heterocycles. The number of hydrogen-bond acceptors (Lipinski definition) is 4. The third kappa shape index (κ3) is 4.70. The summed E-state index contributed by atoms with van der Waals surface area (Å²) in [6, 6.07) is 6.94. The summed E-state index contributed by atoms with van der Waals surface area (Å²) in [5.41, 5.74) is 0.637. The maximum atomic E-state index is 11.8. The number of hydrogen-bond donors (Lipinski definition) is 3. The molecule has 2 atom stereocenters. The van der Waals surface area contributed by atoms with E-state index in [1.54, 1.807) is 24.3 Å². The SMILES string of the molecule is CC(=O)Nc1cccc(OCCNC(=O)C2CCC2C(=O)O)c1. The fourth-order valence-electron chi connectivity index (χ4n) is 2.45. The molecule has 0 aliphatic heterocycles. The first-order valence-corrected chi connectivity index (χ1v) is 7.48. The minimum absolute atomic E-state index is 0.164. The maximum Gasteiger partial charge on any atom is 0.307 e. The molecule has 2 rings (SSSR count). The van der Waals surface area contributed by atoms with Gasteiger partial charge in [0.1, 0.15) is 12.4 Å². The molecule has 3 N–H and O–H groups in total. The van der Waals surface area contributed by atoms with Gasteiger partial charge in [-0.05, 0) is 25.0 Å². The Bertz CT molecular complexity index is 602. The third-order valence-electron chi connectivity index (χ3n) is 3.75. The summed E-state index contributed by atoms with van der Waals surface area (Å²) in [5.74, 6) is -1.73. The molecular weight excluding hydrogens is 300 g/mol. The zero-order valence-corrected chi connectivity index (χ0v) is 12.9. The van der Waals surface area contributed by atoms with Gasteiger partial charge in [0.05, 0.1) is 18.4 Å². The van der Waals surface area contributed by atoms with Gasteiger partial charge in [-0.3, -0.25) is 14.4 Å². The van der Waals surface area contributed by atoms with E-state index in [2.05, 4.69) is 10.6 Å². The number of carboxylic acids is 1. The first-order valence-electron chi connectivity index (χ1n) is 7.48. The average Bonchev–Trinajstić information content (AvgIpc) is 2.41. The summed E-state index contributed by atoms with van der Waals surface area (Å²) in [6.45, 7) is 1.99. The van der Waals surface area contributed by atoms with Crippen molar-refractivity contribution < 1.29 is 24.2 Å². The highest BCUT2D eigenvalue weighted by Gasteiger charge is 2.41. The van der Waals surface area contributed by atoms with Crippen molar-refractivity contribution in [3.05, 3.63) is 24.3 Å². The summed E-state index contributed by atoms with van der Waals surface area (Å²) in [6.07, 6.45) is 1.17. The van der Waals surface area contributed by atoms with Crippen LogP contribution in [0.5, 0.6) is 5.75 Å². The van der Waals surface area contributed by atoms with Crippen molar-refractivity contribution in [2.24, 2.45) is 11.8 Å². The van der Waals surface area contributed by atoms with Crippen LogP contribution in [0.15, 0.2) is 24.3 Å². The molecule has 2 unspecified atom stereocenters. The lowest BCUT2D eigenvalue weighted by molar-refractivity contribution is -0.152. The second-order valence-electron chi connectivity index (χ2n) is 5.48. The number of aliphatic carboxylic acids is 1. The van der Waals surface area contributed by atoms with Crippen molar-refractivity contribution in [2.45, 2.75) is 19.8 Å². The second kappa shape index (κ2) is 7.62. The van der Waals surface area contributed by atoms with Crippen molar-refractivity contribution in [1.29, 1.82) is 0 Å². The number of carbonyl (C=O) groups is 3. The van der Waals surface area contributed by atoms with Crippen molar-refractivity contribution in [2.75, 3.05) is 18.5 Å². The Balaban J connectivity index is 1.72. The minimum Gasteiger partial charge on any atom is -0.492 e. The number of nitrogens with one attached hydrogen (secondary N) is 2. The van der Waals surface area contributed by atoms with Crippen LogP contribution in [0.4, 0.5) is 5.69 Å². The highest BCUT2D eigenvalue weighted by Crippen LogP contribution is 2.34. The first kappa shape index (κ1) is 16.8. The monoisotopic (exact) mass is 320 g/mol. The molecule has 1 aromatic rings. The number of anilines is 1. The highest BCUT2D eigenvalue weighted by atomic mass is 16.5. The van der Waals surface area contributed by atoms with Crippen LogP contribution in [0.25, 0.3) is 0 Å². The summed E-state index contributed by atoms with van der Waals surface area (Å²) >= 11 is 0. The lowest BCUT2D eigenvalue weighted by Gasteiger charge is -2.31. The molecule has 7 nitrogen and oxygen atoms in total. The summed E-state index contributed by atoms with van der Waals surface area (Å²) in [5, 5.41) is 14.3. The van der Waals surface area contributed by atoms with Gasteiger partial charge in [-0.2, -0.15) is 0 Å². The molecule has 0 bridgehead atoms. The average molecular weight is 320 g/mol. The molecule has 2 amide bonds. The molecule has 1 aromatic carbocycles. The maximum absolute atomic E-state index is 11.8. The third-order valence-corrected chi connectivity index (χ3v) is 3.75. The Morgan fingerprint density at radius 3 is 2.61 bits per heavy atom. The van der Waals surface area contributed by atoms with Gasteiger partial charge < -0.3 is 20.5 Å². The summed E-state index contributed by atoms with van der Waals surface area (Å²) in [7, 11) is 0. The van der Waals surface area contributed by atoms with E-state index in [9.17, 15) is 14.4 Å². The molecule has 1 aliphatic carbocycles. The zero-order chi connectivity index (χ0) is 16.8. The predicted octanol–water partition coefficient (Wildman–Crippen LogP) is 1.25. The van der Waals surface area contributed by atoms with Gasteiger partial charge >= 0.3 is 5.97 Å². The number of rotatable bonds is 7. The molecule has 1 saturated carbocycles. The van der Waals surface area contributed by atoms with E-state index in [1.165, 1.54) is 6.92 Å². The van der Waals surface area contributed by atoms with Crippen molar-refractivity contribution >= 4 is 23.5 Å². The standard InChI is InChI=1S/C16H20N2O5/c1-10(19)18-11-3-2-4-12(9-11)23-8-7-17-15(20)13-5-6-14(13)16(21)22/h2-4,9,13-14H,5-8H2,1H3,(H,17,20)(H,18,19)(H,21,22). The zero-order valence-electron chi connectivity index (χ0n) is 12.9. The molecule has 0 saturated heterocycles. The van der Waals surface area contributed by atoms with Crippen molar-refractivity contribution in [3.8, 4) is 5.75 Å². The summed E-state index contributed by atoms with van der Waals surface area (Å²) < 4.78 is 5.50. The fourth-order valence-corrected chi connectivity index (χ4v) is 2.45. The topological polar surface area (TPSA) is 105 Å². The number of amides is 2. The van der Waals surface area contributed by atoms with Crippen LogP contribution in [-0.4, -0.2) is 36.0 Å². The molecule has 0 heterocycles. The van der Waals surface area contributed by atoms with E-state index in [0.29, 0.717) is 30.8 Å². The highest BCUT2D eigenvalue weighted by molar-refractivity contribution is 5.88. The Hall–Kier alpha value is -2.57. The van der Waals surface area contributed by atoms with Crippen LogP contribution in [0.3, 0.4) is 0 Å². The van der Waals surface area contributed by atoms with Crippen LogP contribution in [0, 0.1) is 11.8 Å². The lowest BCUT2D eigenvalue weighted by Crippen LogP contribution is -2.44. The Morgan fingerprint density at radius 1 is 1.26 bits per heavy atom. The minimum atomic E-state index is -0.914. The Labute approximate surface area is 134 Å². The van der Waals surface area contributed by atoms with E-state index in [-0.39, 0.29) is 18.4 Å². The first-order chi connectivity index (χ1) is 11.0. The van der Waals surface area contributed by atoms with Gasteiger partial charge in [-0.15, -0.1) is 0 Å². The van der Waals surface area contributed by atoms with E-state index < -0.39 is 17.8 Å². The van der Waals surface area contributed by atoms with Crippen LogP contribution in [0.2, 0.25) is 0 Å². The number of carbonyl (C=O) groups excluding carboxylic acids is 2. The molecule has 7 heteroatoms. The molecular formula is C16H20N2O5. The summed E-state index contributed by atoms with van der Waals surface area (Å²) in [4.78, 5) is 33.7. The quantitative estimate of drug-likeness (QED) is 0.656. The normalized spacial score (nSPS) is 19.3. The molecule has 124 valence electrons. The molecule has 0 spiro atoms. The number of ether oxygens (including phenoxy) is 1. The van der Waals surface area contributed by atoms with E-state index in [4.69, 9.17) is 9.84 Å². The second-order valence-corrected chi connectivity index (χ2v) is 5.48. The molecule has 1 aliphatic rings. The van der Waals surface area contributed by atoms with Crippen molar-refractivity contribution in [3.63, 3.8) is 0 Å². The van der Waals surface area contributed by atoms with E-state index in [1.807, 2.05) is 0 Å². The molecule has 0 radical (unpaired) electrons. The number of benzene rings is 1. The number of carboxylic acid groups (broad SMARTS) is 1. The lowest BCUT2D eigenvalue weighted by atomic mass is 9.73. The van der Waals surface area contributed by atoms with Gasteiger partial charge in [0.2, 0.25) is 11.8 Å². The van der Waals surface area contributed by atoms with E-state index >= 15 is 0 Å². The molecule has 23 heavy (non-hydrogen) atoms. The Kier molecular flexibility index (Phi) is 5.56. The van der Waals surface area contributed by atoms with Gasteiger partial charge in [0.15, 0.2) is 0 Å². The van der Waals surface area contributed by atoms with Gasteiger partial charge in [-0.1, -0.05) is 6.07 Å². The van der Waals surface area contributed by atoms with Crippen LogP contribution in [0.1, 0.15) is 19.8 Å². The van der Waals surface area contributed by atoms with Gasteiger partial charge in [-0.25, -0.2) is 0 Å². The molecule has 1 fully saturated rings. The predicted molar refractivity (Wildman–Crippen MR) is 83.1 cm³/mol. The van der Waals surface area contributed by atoms with E-state index in [0.717, 1.165) is 0 Å². The van der Waals surface area contributed by atoms with Crippen LogP contribution in [-0.2, 0) is 14.4 Å². The largest absolute Gasteiger partial charge is 0.492 e. The van der Waals surface area contributed by atoms with Crippen LogP contribution < -0.4 is 15.4 Å². The Morgan fingerprint density at radius 2 is 2.00 bits per heavy atom. The van der Waals surface area contributed by atoms with Gasteiger partial charge in [0, 0.05) is 18.7 Å². The van der Waals surface area contributed by atoms with Gasteiger partial charge in [0.25, 0.3) is 0 Å².